The zero-order valence-corrected chi connectivity index (χ0v) is 17.8. The van der Waals surface area contributed by atoms with Gasteiger partial charge in [-0.15, -0.1) is 0 Å². The fourth-order valence-electron chi connectivity index (χ4n) is 3.28. The Kier molecular flexibility index (Phi) is 6.84. The zero-order chi connectivity index (χ0) is 21.8. The van der Waals surface area contributed by atoms with E-state index in [2.05, 4.69) is 10.3 Å². The maximum Gasteiger partial charge on any atom is 0.323 e. The SMILES string of the molecule is Cc1ccc(N(C(=O)C(=O)Nc2nc(CC(=O)O)c(Cl)s2)C(=O)C2CCCC2)cc1. The van der Waals surface area contributed by atoms with E-state index in [1.807, 2.05) is 6.92 Å². The van der Waals surface area contributed by atoms with Crippen LogP contribution in [0.5, 0.6) is 0 Å². The molecule has 0 aliphatic heterocycles. The number of imide groups is 1. The largest absolute Gasteiger partial charge is 0.481 e. The van der Waals surface area contributed by atoms with Gasteiger partial charge in [0.1, 0.15) is 4.34 Å². The lowest BCUT2D eigenvalue weighted by atomic mass is 10.1. The van der Waals surface area contributed by atoms with Crippen molar-refractivity contribution in [1.82, 2.24) is 4.98 Å². The summed E-state index contributed by atoms with van der Waals surface area (Å²) in [5.41, 5.74) is 1.36. The van der Waals surface area contributed by atoms with Crippen LogP contribution in [0.1, 0.15) is 36.9 Å². The molecule has 3 rings (SSSR count). The quantitative estimate of drug-likeness (QED) is 0.675. The van der Waals surface area contributed by atoms with Gasteiger partial charge in [-0.05, 0) is 31.9 Å². The van der Waals surface area contributed by atoms with Crippen molar-refractivity contribution in [3.05, 3.63) is 39.9 Å². The number of carbonyl (C=O) groups excluding carboxylic acids is 3. The number of halogens is 1. The molecule has 1 saturated carbocycles. The van der Waals surface area contributed by atoms with Gasteiger partial charge < -0.3 is 5.11 Å². The molecular weight excluding hydrogens is 430 g/mol. The van der Waals surface area contributed by atoms with Crippen molar-refractivity contribution in [1.29, 1.82) is 0 Å². The predicted molar refractivity (Wildman–Crippen MR) is 113 cm³/mol. The first-order valence-corrected chi connectivity index (χ1v) is 10.6. The number of carbonyl (C=O) groups is 4. The van der Waals surface area contributed by atoms with Crippen LogP contribution in [0.3, 0.4) is 0 Å². The number of carboxylic acid groups (broad SMARTS) is 1. The Labute approximate surface area is 181 Å². The molecule has 158 valence electrons. The van der Waals surface area contributed by atoms with Crippen molar-refractivity contribution < 1.29 is 24.3 Å². The molecule has 0 spiro atoms. The van der Waals surface area contributed by atoms with E-state index >= 15 is 0 Å². The molecule has 10 heteroatoms. The second-order valence-electron chi connectivity index (χ2n) is 7.06. The van der Waals surface area contributed by atoms with Crippen LogP contribution in [0, 0.1) is 12.8 Å². The van der Waals surface area contributed by atoms with Crippen molar-refractivity contribution >= 4 is 57.4 Å². The highest BCUT2D eigenvalue weighted by Crippen LogP contribution is 2.30. The molecule has 0 radical (unpaired) electrons. The number of nitrogens with one attached hydrogen (secondary N) is 1. The van der Waals surface area contributed by atoms with Crippen LogP contribution < -0.4 is 10.2 Å². The number of anilines is 2. The van der Waals surface area contributed by atoms with Crippen molar-refractivity contribution in [2.24, 2.45) is 5.92 Å². The molecule has 0 atom stereocenters. The molecule has 1 aromatic carbocycles. The Balaban J connectivity index is 1.83. The fourth-order valence-corrected chi connectivity index (χ4v) is 4.32. The van der Waals surface area contributed by atoms with Crippen LogP contribution in [0.4, 0.5) is 10.8 Å². The van der Waals surface area contributed by atoms with Crippen LogP contribution >= 0.6 is 22.9 Å². The van der Waals surface area contributed by atoms with Gasteiger partial charge in [0.05, 0.1) is 17.8 Å². The summed E-state index contributed by atoms with van der Waals surface area (Å²) in [7, 11) is 0. The molecule has 0 saturated heterocycles. The van der Waals surface area contributed by atoms with Crippen LogP contribution in [0.2, 0.25) is 4.34 Å². The third-order valence-electron chi connectivity index (χ3n) is 4.80. The van der Waals surface area contributed by atoms with E-state index in [-0.39, 0.29) is 21.1 Å². The lowest BCUT2D eigenvalue weighted by Crippen LogP contribution is -2.46. The summed E-state index contributed by atoms with van der Waals surface area (Å²) < 4.78 is 0.109. The van der Waals surface area contributed by atoms with Gasteiger partial charge in [-0.25, -0.2) is 9.88 Å². The Hall–Kier alpha value is -2.78. The Morgan fingerprint density at radius 2 is 1.83 bits per heavy atom. The summed E-state index contributed by atoms with van der Waals surface area (Å²) in [6.07, 6.45) is 2.76. The molecule has 3 amide bonds. The van der Waals surface area contributed by atoms with E-state index in [0.717, 1.165) is 34.6 Å². The first kappa shape index (κ1) is 21.9. The average molecular weight is 450 g/mol. The van der Waals surface area contributed by atoms with E-state index in [9.17, 15) is 19.2 Å². The van der Waals surface area contributed by atoms with E-state index in [4.69, 9.17) is 16.7 Å². The molecule has 1 aliphatic carbocycles. The summed E-state index contributed by atoms with van der Waals surface area (Å²) in [5, 5.41) is 11.2. The predicted octanol–water partition coefficient (Wildman–Crippen LogP) is 3.42. The highest BCUT2D eigenvalue weighted by molar-refractivity contribution is 7.19. The Morgan fingerprint density at radius 3 is 2.43 bits per heavy atom. The number of hydrogen-bond donors (Lipinski definition) is 2. The minimum atomic E-state index is -1.12. The van der Waals surface area contributed by atoms with Crippen molar-refractivity contribution in [2.45, 2.75) is 39.0 Å². The molecule has 1 aromatic heterocycles. The lowest BCUT2D eigenvalue weighted by molar-refractivity contribution is -0.138. The first-order chi connectivity index (χ1) is 14.3. The smallest absolute Gasteiger partial charge is 0.323 e. The topological polar surface area (TPSA) is 117 Å². The monoisotopic (exact) mass is 449 g/mol. The van der Waals surface area contributed by atoms with Crippen molar-refractivity contribution in [3.8, 4) is 0 Å². The molecule has 2 N–H and O–H groups in total. The van der Waals surface area contributed by atoms with Crippen LogP contribution in [0.15, 0.2) is 24.3 Å². The standard InChI is InChI=1S/C20H20ClN3O5S/c1-11-6-8-13(9-7-11)24(18(28)12-4-2-3-5-12)19(29)17(27)23-20-22-14(10-15(25)26)16(21)30-20/h6-9,12H,2-5,10H2,1H3,(H,25,26)(H,22,23,27). The summed E-state index contributed by atoms with van der Waals surface area (Å²) in [4.78, 5) is 54.3. The van der Waals surface area contributed by atoms with Gasteiger partial charge in [0.2, 0.25) is 5.91 Å². The highest BCUT2D eigenvalue weighted by atomic mass is 35.5. The number of carboxylic acids is 1. The minimum Gasteiger partial charge on any atom is -0.481 e. The number of rotatable bonds is 5. The lowest BCUT2D eigenvalue weighted by Gasteiger charge is -2.23. The summed E-state index contributed by atoms with van der Waals surface area (Å²) in [6, 6.07) is 6.76. The second kappa shape index (κ2) is 9.36. The summed E-state index contributed by atoms with van der Waals surface area (Å²) in [6.45, 7) is 1.88. The van der Waals surface area contributed by atoms with Gasteiger partial charge in [0.15, 0.2) is 5.13 Å². The normalized spacial score (nSPS) is 13.8. The molecule has 1 heterocycles. The zero-order valence-electron chi connectivity index (χ0n) is 16.2. The van der Waals surface area contributed by atoms with Gasteiger partial charge in [-0.1, -0.05) is 53.5 Å². The first-order valence-electron chi connectivity index (χ1n) is 9.39. The van der Waals surface area contributed by atoms with E-state index in [1.54, 1.807) is 24.3 Å². The third-order valence-corrected chi connectivity index (χ3v) is 6.05. The minimum absolute atomic E-state index is 0.00762. The molecule has 8 nitrogen and oxygen atoms in total. The van der Waals surface area contributed by atoms with Crippen molar-refractivity contribution in [2.75, 3.05) is 10.2 Å². The Bertz CT molecular complexity index is 983. The van der Waals surface area contributed by atoms with Crippen LogP contribution in [0.25, 0.3) is 0 Å². The summed E-state index contributed by atoms with van der Waals surface area (Å²) >= 11 is 6.80. The molecule has 2 aromatic rings. The second-order valence-corrected chi connectivity index (χ2v) is 8.66. The van der Waals surface area contributed by atoms with Gasteiger partial charge >= 0.3 is 17.8 Å². The molecule has 0 unspecified atom stereocenters. The maximum atomic E-state index is 13.0. The number of thiazole rings is 1. The third kappa shape index (κ3) is 5.03. The van der Waals surface area contributed by atoms with E-state index in [1.165, 1.54) is 0 Å². The van der Waals surface area contributed by atoms with Gasteiger partial charge in [-0.2, -0.15) is 0 Å². The number of benzene rings is 1. The van der Waals surface area contributed by atoms with E-state index in [0.29, 0.717) is 18.5 Å². The fraction of sp³-hybridized carbons (Fsp3) is 0.350. The van der Waals surface area contributed by atoms with Crippen LogP contribution in [-0.2, 0) is 25.6 Å². The summed E-state index contributed by atoms with van der Waals surface area (Å²) in [5.74, 6) is -3.90. The molecule has 1 fully saturated rings. The average Bonchev–Trinajstić information content (AvgIpc) is 3.33. The number of nitrogens with zero attached hydrogens (tertiary/aromatic N) is 2. The highest BCUT2D eigenvalue weighted by Gasteiger charge is 2.35. The molecular formula is C20H20ClN3O5S. The number of aromatic nitrogens is 1. The van der Waals surface area contributed by atoms with Gasteiger partial charge in [-0.3, -0.25) is 24.5 Å². The number of amides is 3. The van der Waals surface area contributed by atoms with Crippen molar-refractivity contribution in [3.63, 3.8) is 0 Å². The van der Waals surface area contributed by atoms with Gasteiger partial charge in [0, 0.05) is 5.92 Å². The molecule has 1 aliphatic rings. The Morgan fingerprint density at radius 1 is 1.20 bits per heavy atom. The van der Waals surface area contributed by atoms with E-state index < -0.39 is 30.1 Å². The van der Waals surface area contributed by atoms with Gasteiger partial charge in [0.25, 0.3) is 0 Å². The molecule has 30 heavy (non-hydrogen) atoms. The van der Waals surface area contributed by atoms with Crippen LogP contribution in [-0.4, -0.2) is 33.8 Å². The maximum absolute atomic E-state index is 13.0. The molecule has 0 bridgehead atoms. The number of aryl methyl sites for hydroxylation is 1. The number of hydrogen-bond acceptors (Lipinski definition) is 6. The number of aliphatic carboxylic acids is 1.